The Morgan fingerprint density at radius 2 is 2.14 bits per heavy atom. The van der Waals surface area contributed by atoms with E-state index >= 15 is 0 Å². The van der Waals surface area contributed by atoms with E-state index in [1.165, 1.54) is 18.4 Å². The van der Waals surface area contributed by atoms with Crippen LogP contribution in [-0.4, -0.2) is 37.0 Å². The number of carbonyl (C=O) groups is 2. The fraction of sp³-hybridized carbons (Fsp3) is 0.333. The van der Waals surface area contributed by atoms with Crippen LogP contribution >= 0.6 is 22.9 Å². The van der Waals surface area contributed by atoms with Crippen LogP contribution in [0, 0.1) is 5.92 Å². The third-order valence-corrected chi connectivity index (χ3v) is 5.40. The second-order valence-electron chi connectivity index (χ2n) is 5.00. The van der Waals surface area contributed by atoms with Gasteiger partial charge in [0.25, 0.3) is 5.91 Å². The Balaban J connectivity index is 1.85. The fourth-order valence-electron chi connectivity index (χ4n) is 2.60. The first-order valence-electron chi connectivity index (χ1n) is 6.66. The SMILES string of the molecule is COC(=O)C1CCN(C(=O)c2sc3ccccc3c2Cl)C1. The van der Waals surface area contributed by atoms with Gasteiger partial charge in [-0.05, 0) is 12.5 Å². The maximum Gasteiger partial charge on any atom is 0.310 e. The quantitative estimate of drug-likeness (QED) is 0.797. The molecule has 0 radical (unpaired) electrons. The molecule has 21 heavy (non-hydrogen) atoms. The Labute approximate surface area is 131 Å². The molecule has 2 heterocycles. The van der Waals surface area contributed by atoms with E-state index in [0.717, 1.165) is 10.1 Å². The Morgan fingerprint density at radius 1 is 1.38 bits per heavy atom. The van der Waals surface area contributed by atoms with Crippen LogP contribution in [-0.2, 0) is 9.53 Å². The molecule has 1 aliphatic heterocycles. The number of esters is 1. The molecular formula is C15H14ClNO3S. The van der Waals surface area contributed by atoms with Gasteiger partial charge in [-0.2, -0.15) is 0 Å². The molecule has 1 saturated heterocycles. The first-order chi connectivity index (χ1) is 10.1. The number of nitrogens with zero attached hydrogens (tertiary/aromatic N) is 1. The van der Waals surface area contributed by atoms with Gasteiger partial charge in [-0.25, -0.2) is 0 Å². The van der Waals surface area contributed by atoms with Crippen molar-refractivity contribution in [2.45, 2.75) is 6.42 Å². The molecule has 3 rings (SSSR count). The zero-order chi connectivity index (χ0) is 15.0. The molecule has 0 N–H and O–H groups in total. The van der Waals surface area contributed by atoms with Gasteiger partial charge in [0, 0.05) is 23.2 Å². The number of likely N-dealkylation sites (tertiary alicyclic amines) is 1. The fourth-order valence-corrected chi connectivity index (χ4v) is 4.08. The number of ether oxygens (including phenoxy) is 1. The Morgan fingerprint density at radius 3 is 2.86 bits per heavy atom. The van der Waals surface area contributed by atoms with Crippen molar-refractivity contribution in [3.63, 3.8) is 0 Å². The van der Waals surface area contributed by atoms with Gasteiger partial charge in [0.2, 0.25) is 0 Å². The minimum absolute atomic E-state index is 0.104. The highest BCUT2D eigenvalue weighted by molar-refractivity contribution is 7.21. The van der Waals surface area contributed by atoms with E-state index in [9.17, 15) is 9.59 Å². The molecule has 1 unspecified atom stereocenters. The highest BCUT2D eigenvalue weighted by Gasteiger charge is 2.33. The highest BCUT2D eigenvalue weighted by Crippen LogP contribution is 2.36. The standard InChI is InChI=1S/C15H14ClNO3S/c1-20-15(19)9-6-7-17(8-9)14(18)13-12(16)10-4-2-3-5-11(10)21-13/h2-5,9H,6-8H2,1H3. The molecule has 1 aromatic heterocycles. The van der Waals surface area contributed by atoms with Gasteiger partial charge in [-0.1, -0.05) is 29.8 Å². The van der Waals surface area contributed by atoms with Crippen LogP contribution in [0.25, 0.3) is 10.1 Å². The summed E-state index contributed by atoms with van der Waals surface area (Å²) in [5.41, 5.74) is 0. The smallest absolute Gasteiger partial charge is 0.310 e. The molecular weight excluding hydrogens is 310 g/mol. The number of hydrogen-bond acceptors (Lipinski definition) is 4. The summed E-state index contributed by atoms with van der Waals surface area (Å²) in [6, 6.07) is 7.68. The third kappa shape index (κ3) is 2.51. The van der Waals surface area contributed by atoms with Crippen molar-refractivity contribution in [1.82, 2.24) is 4.90 Å². The van der Waals surface area contributed by atoms with E-state index < -0.39 is 0 Å². The van der Waals surface area contributed by atoms with Crippen LogP contribution in [0.4, 0.5) is 0 Å². The average molecular weight is 324 g/mol. The van der Waals surface area contributed by atoms with E-state index in [1.807, 2.05) is 24.3 Å². The van der Waals surface area contributed by atoms with E-state index in [-0.39, 0.29) is 17.8 Å². The zero-order valence-corrected chi connectivity index (χ0v) is 13.0. The Kier molecular flexibility index (Phi) is 3.87. The monoisotopic (exact) mass is 323 g/mol. The molecule has 6 heteroatoms. The lowest BCUT2D eigenvalue weighted by Gasteiger charge is -2.15. The van der Waals surface area contributed by atoms with Gasteiger partial charge in [0.15, 0.2) is 0 Å². The van der Waals surface area contributed by atoms with Crippen molar-refractivity contribution in [2.75, 3.05) is 20.2 Å². The summed E-state index contributed by atoms with van der Waals surface area (Å²) in [5, 5.41) is 1.40. The number of hydrogen-bond donors (Lipinski definition) is 0. The number of carbonyl (C=O) groups excluding carboxylic acids is 2. The Hall–Kier alpha value is -1.59. The van der Waals surface area contributed by atoms with Gasteiger partial charge in [0.05, 0.1) is 18.1 Å². The van der Waals surface area contributed by atoms with Crippen molar-refractivity contribution >= 4 is 44.9 Å². The molecule has 110 valence electrons. The van der Waals surface area contributed by atoms with Crippen molar-refractivity contribution in [2.24, 2.45) is 5.92 Å². The number of thiophene rings is 1. The highest BCUT2D eigenvalue weighted by atomic mass is 35.5. The van der Waals surface area contributed by atoms with E-state index in [1.54, 1.807) is 4.90 Å². The molecule has 1 amide bonds. The van der Waals surface area contributed by atoms with E-state index in [2.05, 4.69) is 0 Å². The lowest BCUT2D eigenvalue weighted by atomic mass is 10.1. The summed E-state index contributed by atoms with van der Waals surface area (Å²) in [4.78, 5) is 26.4. The predicted molar refractivity (Wildman–Crippen MR) is 82.9 cm³/mol. The number of benzene rings is 1. The molecule has 1 aromatic carbocycles. The minimum atomic E-state index is -0.257. The minimum Gasteiger partial charge on any atom is -0.469 e. The van der Waals surface area contributed by atoms with Crippen molar-refractivity contribution in [3.8, 4) is 0 Å². The largest absolute Gasteiger partial charge is 0.469 e. The van der Waals surface area contributed by atoms with Crippen LogP contribution < -0.4 is 0 Å². The lowest BCUT2D eigenvalue weighted by Crippen LogP contribution is -2.29. The topological polar surface area (TPSA) is 46.6 Å². The zero-order valence-electron chi connectivity index (χ0n) is 11.5. The maximum absolute atomic E-state index is 12.6. The summed E-state index contributed by atoms with van der Waals surface area (Å²) >= 11 is 7.72. The van der Waals surface area contributed by atoms with Crippen LogP contribution in [0.15, 0.2) is 24.3 Å². The van der Waals surface area contributed by atoms with Gasteiger partial charge in [-0.3, -0.25) is 9.59 Å². The van der Waals surface area contributed by atoms with Gasteiger partial charge in [-0.15, -0.1) is 11.3 Å². The summed E-state index contributed by atoms with van der Waals surface area (Å²) in [6.07, 6.45) is 0.640. The van der Waals surface area contributed by atoms with Crippen molar-refractivity contribution in [3.05, 3.63) is 34.2 Å². The molecule has 0 spiro atoms. The molecule has 1 aliphatic rings. The van der Waals surface area contributed by atoms with Crippen LogP contribution in [0.5, 0.6) is 0 Å². The second-order valence-corrected chi connectivity index (χ2v) is 6.43. The molecule has 0 aliphatic carbocycles. The summed E-state index contributed by atoms with van der Waals surface area (Å²) < 4.78 is 5.73. The summed E-state index contributed by atoms with van der Waals surface area (Å²) in [5.74, 6) is -0.590. The molecule has 0 saturated carbocycles. The van der Waals surface area contributed by atoms with E-state index in [4.69, 9.17) is 16.3 Å². The number of fused-ring (bicyclic) bond motifs is 1. The van der Waals surface area contributed by atoms with Crippen molar-refractivity contribution in [1.29, 1.82) is 0 Å². The van der Waals surface area contributed by atoms with Crippen LogP contribution in [0.1, 0.15) is 16.1 Å². The number of methoxy groups -OCH3 is 1. The molecule has 1 atom stereocenters. The predicted octanol–water partition coefficient (Wildman–Crippen LogP) is 3.19. The number of rotatable bonds is 2. The van der Waals surface area contributed by atoms with Gasteiger partial charge in [0.1, 0.15) is 4.88 Å². The maximum atomic E-state index is 12.6. The Bertz CT molecular complexity index is 712. The van der Waals surface area contributed by atoms with Crippen molar-refractivity contribution < 1.29 is 14.3 Å². The number of amides is 1. The average Bonchev–Trinajstić information content (AvgIpc) is 3.12. The van der Waals surface area contributed by atoms with Crippen LogP contribution in [0.3, 0.4) is 0 Å². The lowest BCUT2D eigenvalue weighted by molar-refractivity contribution is -0.144. The molecule has 0 bridgehead atoms. The third-order valence-electron chi connectivity index (χ3n) is 3.74. The normalized spacial score (nSPS) is 18.2. The van der Waals surface area contributed by atoms with Gasteiger partial charge < -0.3 is 9.64 Å². The first kappa shape index (κ1) is 14.4. The first-order valence-corrected chi connectivity index (χ1v) is 7.85. The van der Waals surface area contributed by atoms with E-state index in [0.29, 0.717) is 29.4 Å². The van der Waals surface area contributed by atoms with Gasteiger partial charge >= 0.3 is 5.97 Å². The second kappa shape index (κ2) is 5.66. The summed E-state index contributed by atoms with van der Waals surface area (Å²) in [7, 11) is 1.37. The molecule has 1 fully saturated rings. The summed E-state index contributed by atoms with van der Waals surface area (Å²) in [6.45, 7) is 0.958. The number of halogens is 1. The molecule has 4 nitrogen and oxygen atoms in total. The molecule has 2 aromatic rings. The van der Waals surface area contributed by atoms with Crippen LogP contribution in [0.2, 0.25) is 5.02 Å².